The van der Waals surface area contributed by atoms with E-state index in [0.717, 1.165) is 44.7 Å². The number of nitrogens with one attached hydrogen (secondary N) is 3. The number of nitrogens with two attached hydrogens (primary N) is 4. The maximum atomic E-state index is 14.3. The van der Waals surface area contributed by atoms with Crippen LogP contribution in [-0.2, 0) is 30.5 Å². The van der Waals surface area contributed by atoms with Crippen LogP contribution >= 0.6 is 24.8 Å². The molecule has 5 rings (SSSR count). The second kappa shape index (κ2) is 29.3. The minimum atomic E-state index is -1.15. The van der Waals surface area contributed by atoms with Crippen molar-refractivity contribution in [2.45, 2.75) is 91.0 Å². The lowest BCUT2D eigenvalue weighted by Gasteiger charge is -2.26. The van der Waals surface area contributed by atoms with E-state index in [1.807, 2.05) is 117 Å². The van der Waals surface area contributed by atoms with E-state index >= 15 is 0 Å². The van der Waals surface area contributed by atoms with E-state index in [1.165, 1.54) is 0 Å². The molecule has 0 fully saturated rings. The Bertz CT molecular complexity index is 2530. The zero-order chi connectivity index (χ0) is 49.0. The Balaban J connectivity index is 0.00000648. The predicted octanol–water partition coefficient (Wildman–Crippen LogP) is 6.66. The van der Waals surface area contributed by atoms with Crippen LogP contribution in [0.1, 0.15) is 71.8 Å². The largest absolute Gasteiger partial charge is 0.493 e. The number of guanidine groups is 2. The molecule has 5 aromatic carbocycles. The summed E-state index contributed by atoms with van der Waals surface area (Å²) in [7, 11) is 0. The van der Waals surface area contributed by atoms with Gasteiger partial charge in [0.15, 0.2) is 18.5 Å². The molecule has 0 aliphatic heterocycles. The van der Waals surface area contributed by atoms with Gasteiger partial charge in [-0.1, -0.05) is 119 Å². The van der Waals surface area contributed by atoms with Gasteiger partial charge in [0.1, 0.15) is 36.2 Å². The highest BCUT2D eigenvalue weighted by Crippen LogP contribution is 2.45. The van der Waals surface area contributed by atoms with Crippen LogP contribution in [-0.4, -0.2) is 80.0 Å². The van der Waals surface area contributed by atoms with Crippen molar-refractivity contribution in [2.75, 3.05) is 26.3 Å². The molecule has 0 saturated carbocycles. The minimum absolute atomic E-state index is 0. The number of ether oxygens (including phenoxy) is 3. The molecule has 0 bridgehead atoms. The highest BCUT2D eigenvalue weighted by atomic mass is 35.5. The molecule has 0 heterocycles. The fourth-order valence-corrected chi connectivity index (χ4v) is 7.65. The molecule has 378 valence electrons. The Morgan fingerprint density at radius 1 is 0.557 bits per heavy atom. The Morgan fingerprint density at radius 2 is 1.04 bits per heavy atom. The van der Waals surface area contributed by atoms with Crippen molar-refractivity contribution in [2.24, 2.45) is 44.8 Å². The van der Waals surface area contributed by atoms with Crippen molar-refractivity contribution < 1.29 is 33.4 Å². The number of carbonyl (C=O) groups excluding carboxylic acids is 4. The van der Waals surface area contributed by atoms with Gasteiger partial charge in [-0.15, -0.1) is 24.8 Å². The van der Waals surface area contributed by atoms with Gasteiger partial charge >= 0.3 is 5.97 Å². The van der Waals surface area contributed by atoms with E-state index in [1.54, 1.807) is 0 Å². The van der Waals surface area contributed by atoms with Crippen molar-refractivity contribution in [1.29, 1.82) is 0 Å². The summed E-state index contributed by atoms with van der Waals surface area (Å²) in [5.74, 6) is -1.15. The molecule has 18 heteroatoms. The number of hydrogen-bond acceptors (Lipinski definition) is 9. The highest BCUT2D eigenvalue weighted by molar-refractivity contribution is 6.10. The first kappa shape index (κ1) is 57.5. The summed E-state index contributed by atoms with van der Waals surface area (Å²) in [6.07, 6.45) is 1.95. The number of hydrogen-bond donors (Lipinski definition) is 7. The summed E-state index contributed by atoms with van der Waals surface area (Å²) in [6.45, 7) is 8.56. The van der Waals surface area contributed by atoms with Crippen LogP contribution in [0, 0.1) is 11.8 Å². The number of esters is 1. The Hall–Kier alpha value is -6.78. The van der Waals surface area contributed by atoms with Crippen LogP contribution in [0.25, 0.3) is 32.7 Å². The zero-order valence-electron chi connectivity index (χ0n) is 40.4. The van der Waals surface area contributed by atoms with Crippen LogP contribution in [0.2, 0.25) is 0 Å². The third kappa shape index (κ3) is 17.9. The molecule has 3 amide bonds. The Kier molecular flexibility index (Phi) is 24.1. The van der Waals surface area contributed by atoms with E-state index in [0.29, 0.717) is 36.9 Å². The van der Waals surface area contributed by atoms with E-state index in [4.69, 9.17) is 37.1 Å². The molecule has 0 radical (unpaired) electrons. The maximum absolute atomic E-state index is 14.3. The molecule has 0 aromatic heterocycles. The minimum Gasteiger partial charge on any atom is -0.493 e. The standard InChI is InChI=1S/C52H67N9O7.2ClH/c1-33(2)26-29-66-43-24-22-36-16-8-10-18-38(36)46(43)47-39-19-11-9-17-37(39)23-25-44(47)67-32-45(62)59-40(20-12-27-57-51(53)54)48(63)60-41(21-13-28-58-52(55)56)49(64)61-42(30-34(3)4)50(65)68-31-35-14-6-5-7-15-35;;/h5-11,14-19,22-25,33-34,40-42H,12-13,20-21,26-32H2,1-4H3,(H,59,62)(H,60,63)(H,61,64)(H4,53,54,57)(H4,55,56,58);2*1H/t40-,41-,42+;;/m1../s1. The number of nitrogens with zero attached hydrogens (tertiary/aromatic N) is 2. The summed E-state index contributed by atoms with van der Waals surface area (Å²) in [6, 6.07) is 29.6. The fraction of sp³-hybridized carbons (Fsp3) is 0.385. The first-order valence-corrected chi connectivity index (χ1v) is 23.2. The lowest BCUT2D eigenvalue weighted by Crippen LogP contribution is -2.56. The third-order valence-corrected chi connectivity index (χ3v) is 11.1. The molecule has 0 aliphatic rings. The average molecular weight is 1000 g/mol. The molecule has 5 aromatic rings. The molecule has 3 atom stereocenters. The van der Waals surface area contributed by atoms with Gasteiger partial charge in [0, 0.05) is 24.2 Å². The van der Waals surface area contributed by atoms with Gasteiger partial charge < -0.3 is 53.1 Å². The lowest BCUT2D eigenvalue weighted by molar-refractivity contribution is -0.150. The monoisotopic (exact) mass is 1000 g/mol. The summed E-state index contributed by atoms with van der Waals surface area (Å²) in [4.78, 5) is 63.8. The number of fused-ring (bicyclic) bond motifs is 2. The topological polar surface area (TPSA) is 261 Å². The highest BCUT2D eigenvalue weighted by Gasteiger charge is 2.31. The van der Waals surface area contributed by atoms with Gasteiger partial charge in [-0.3, -0.25) is 24.4 Å². The van der Waals surface area contributed by atoms with Crippen LogP contribution in [0.3, 0.4) is 0 Å². The van der Waals surface area contributed by atoms with Gasteiger partial charge in [-0.25, -0.2) is 4.79 Å². The smallest absolute Gasteiger partial charge is 0.328 e. The quantitative estimate of drug-likeness (QED) is 0.0133. The molecular formula is C52H69Cl2N9O7. The summed E-state index contributed by atoms with van der Waals surface area (Å²) < 4.78 is 18.5. The van der Waals surface area contributed by atoms with Crippen molar-refractivity contribution in [3.05, 3.63) is 109 Å². The first-order chi connectivity index (χ1) is 32.7. The van der Waals surface area contributed by atoms with Crippen LogP contribution in [0.4, 0.5) is 0 Å². The maximum Gasteiger partial charge on any atom is 0.328 e. The third-order valence-electron chi connectivity index (χ3n) is 11.1. The summed E-state index contributed by atoms with van der Waals surface area (Å²) in [5, 5.41) is 12.3. The molecule has 70 heavy (non-hydrogen) atoms. The van der Waals surface area contributed by atoms with Crippen molar-refractivity contribution in [3.8, 4) is 22.6 Å². The SMILES string of the molecule is CC(C)CCOc1ccc2ccccc2c1-c1c(OCC(=O)N[C@H](CCCN=C(N)N)C(=O)N[C@H](CCCN=C(N)N)C(=O)N[C@@H](CC(C)C)C(=O)OCc2ccccc2)ccc2ccccc12.Cl.Cl. The Morgan fingerprint density at radius 3 is 1.56 bits per heavy atom. The second-order valence-electron chi connectivity index (χ2n) is 17.5. The molecule has 0 saturated heterocycles. The number of halogens is 2. The van der Waals surface area contributed by atoms with Gasteiger partial charge in [0.25, 0.3) is 5.91 Å². The average Bonchev–Trinajstić information content (AvgIpc) is 3.31. The summed E-state index contributed by atoms with van der Waals surface area (Å²) >= 11 is 0. The first-order valence-electron chi connectivity index (χ1n) is 23.2. The number of aliphatic imine (C=N–C) groups is 2. The van der Waals surface area contributed by atoms with Crippen LogP contribution in [0.15, 0.2) is 113 Å². The van der Waals surface area contributed by atoms with Gasteiger partial charge in [-0.05, 0) is 89.6 Å². The van der Waals surface area contributed by atoms with Gasteiger partial charge in [0.05, 0.1) is 6.61 Å². The van der Waals surface area contributed by atoms with Crippen molar-refractivity contribution >= 4 is 82.0 Å². The normalized spacial score (nSPS) is 12.1. The van der Waals surface area contributed by atoms with Gasteiger partial charge in [0.2, 0.25) is 11.8 Å². The molecule has 11 N–H and O–H groups in total. The Labute approximate surface area is 422 Å². The number of amides is 3. The van der Waals surface area contributed by atoms with E-state index in [-0.39, 0.29) is 81.6 Å². The van der Waals surface area contributed by atoms with Crippen LogP contribution < -0.4 is 48.4 Å². The molecular weight excluding hydrogens is 934 g/mol. The molecule has 16 nitrogen and oxygen atoms in total. The molecule has 0 unspecified atom stereocenters. The van der Waals surface area contributed by atoms with E-state index in [9.17, 15) is 19.2 Å². The van der Waals surface area contributed by atoms with E-state index < -0.39 is 48.4 Å². The second-order valence-corrected chi connectivity index (χ2v) is 17.5. The van der Waals surface area contributed by atoms with E-state index in [2.05, 4.69) is 39.8 Å². The summed E-state index contributed by atoms with van der Waals surface area (Å²) in [5.41, 5.74) is 24.6. The number of benzene rings is 5. The lowest BCUT2D eigenvalue weighted by atomic mass is 9.92. The number of rotatable bonds is 26. The van der Waals surface area contributed by atoms with Crippen LogP contribution in [0.5, 0.6) is 11.5 Å². The van der Waals surface area contributed by atoms with Gasteiger partial charge in [-0.2, -0.15) is 0 Å². The predicted molar refractivity (Wildman–Crippen MR) is 283 cm³/mol. The molecule has 0 spiro atoms. The zero-order valence-corrected chi connectivity index (χ0v) is 42.0. The fourth-order valence-electron chi connectivity index (χ4n) is 7.65. The molecule has 0 aliphatic carbocycles. The van der Waals surface area contributed by atoms with Crippen molar-refractivity contribution in [3.63, 3.8) is 0 Å². The number of carbonyl (C=O) groups is 4. The van der Waals surface area contributed by atoms with Crippen molar-refractivity contribution in [1.82, 2.24) is 16.0 Å².